The lowest BCUT2D eigenvalue weighted by atomic mass is 10.1. The number of carbonyl (C=O) groups excluding carboxylic acids is 1. The van der Waals surface area contributed by atoms with Gasteiger partial charge in [-0.05, 0) is 79.7 Å². The summed E-state index contributed by atoms with van der Waals surface area (Å²) < 4.78 is 6.20. The van der Waals surface area contributed by atoms with E-state index in [0.29, 0.717) is 33.3 Å². The van der Waals surface area contributed by atoms with Gasteiger partial charge in [-0.3, -0.25) is 9.79 Å². The van der Waals surface area contributed by atoms with Crippen molar-refractivity contribution in [3.8, 4) is 17.0 Å². The van der Waals surface area contributed by atoms with E-state index in [9.17, 15) is 14.7 Å². The Balaban J connectivity index is 1.84. The topological polar surface area (TPSA) is 105 Å². The lowest BCUT2D eigenvalue weighted by Gasteiger charge is -2.14. The molecule has 0 saturated heterocycles. The van der Waals surface area contributed by atoms with Gasteiger partial charge in [-0.2, -0.15) is 5.26 Å². The number of nitriles is 1. The second kappa shape index (κ2) is 10.3. The average molecular weight is 484 g/mol. The van der Waals surface area contributed by atoms with E-state index in [1.807, 2.05) is 18.4 Å². The molecule has 7 nitrogen and oxygen atoms in total. The summed E-state index contributed by atoms with van der Waals surface area (Å²) in [4.78, 5) is 30.6. The Kier molecular flexibility index (Phi) is 6.99. The number of nitrogens with zero attached hydrogens (tertiary/aromatic N) is 3. The lowest BCUT2D eigenvalue weighted by molar-refractivity contribution is 0.0526. The van der Waals surface area contributed by atoms with Crippen molar-refractivity contribution in [2.75, 3.05) is 6.61 Å². The molecule has 0 saturated carbocycles. The first-order valence-electron chi connectivity index (χ1n) is 10.8. The van der Waals surface area contributed by atoms with Crippen molar-refractivity contribution in [2.45, 2.75) is 18.7 Å². The van der Waals surface area contributed by atoms with Crippen LogP contribution in [-0.2, 0) is 4.74 Å². The van der Waals surface area contributed by atoms with Crippen molar-refractivity contribution in [3.63, 3.8) is 0 Å². The van der Waals surface area contributed by atoms with Crippen LogP contribution in [0.4, 0.5) is 5.69 Å². The van der Waals surface area contributed by atoms with Crippen LogP contribution in [0.1, 0.15) is 28.4 Å². The Hall–Kier alpha value is -4.35. The SMILES string of the molecule is CCOC(=O)c1ccc(-n2c(O)c(C=Nc3ccc(SC#N)cc3C)c3ccccc3c2=O)cc1. The molecule has 0 bridgehead atoms. The van der Waals surface area contributed by atoms with Crippen molar-refractivity contribution in [2.24, 2.45) is 4.99 Å². The number of hydrogen-bond donors (Lipinski definition) is 1. The summed E-state index contributed by atoms with van der Waals surface area (Å²) in [5.74, 6) is -0.729. The van der Waals surface area contributed by atoms with Gasteiger partial charge < -0.3 is 9.84 Å². The van der Waals surface area contributed by atoms with E-state index in [1.165, 1.54) is 10.8 Å². The first-order chi connectivity index (χ1) is 16.9. The highest BCUT2D eigenvalue weighted by molar-refractivity contribution is 8.03. The summed E-state index contributed by atoms with van der Waals surface area (Å²) in [6, 6.07) is 18.7. The minimum absolute atomic E-state index is 0.258. The van der Waals surface area contributed by atoms with E-state index < -0.39 is 11.5 Å². The van der Waals surface area contributed by atoms with E-state index in [-0.39, 0.29) is 12.5 Å². The van der Waals surface area contributed by atoms with Crippen LogP contribution in [-0.4, -0.2) is 28.5 Å². The van der Waals surface area contributed by atoms with Crippen LogP contribution in [0, 0.1) is 17.6 Å². The van der Waals surface area contributed by atoms with Crippen LogP contribution < -0.4 is 5.56 Å². The van der Waals surface area contributed by atoms with Gasteiger partial charge in [-0.15, -0.1) is 0 Å². The first-order valence-corrected chi connectivity index (χ1v) is 11.6. The number of hydrogen-bond acceptors (Lipinski definition) is 7. The molecule has 8 heteroatoms. The van der Waals surface area contributed by atoms with Gasteiger partial charge in [0.15, 0.2) is 0 Å². The molecule has 4 aromatic rings. The quantitative estimate of drug-likeness (QED) is 0.168. The number of fused-ring (bicyclic) bond motifs is 1. The average Bonchev–Trinajstić information content (AvgIpc) is 2.86. The maximum atomic E-state index is 13.3. The standard InChI is InChI=1S/C27H21N3O4S/c1-3-34-27(33)18-8-10-19(11-9-18)30-25(31)22-7-5-4-6-21(22)23(26(30)32)15-29-24-13-12-20(35-16-28)14-17(24)2/h4-15,32H,3H2,1-2H3. The highest BCUT2D eigenvalue weighted by Crippen LogP contribution is 2.29. The van der Waals surface area contributed by atoms with Gasteiger partial charge >= 0.3 is 5.97 Å². The Morgan fingerprint density at radius 2 is 1.86 bits per heavy atom. The number of rotatable bonds is 6. The summed E-state index contributed by atoms with van der Waals surface area (Å²) in [6.07, 6.45) is 1.53. The predicted molar refractivity (Wildman–Crippen MR) is 137 cm³/mol. The van der Waals surface area contributed by atoms with Crippen LogP contribution in [0.5, 0.6) is 5.88 Å². The number of esters is 1. The number of aromatic nitrogens is 1. The van der Waals surface area contributed by atoms with E-state index >= 15 is 0 Å². The van der Waals surface area contributed by atoms with Gasteiger partial charge in [0.2, 0.25) is 5.88 Å². The maximum absolute atomic E-state index is 13.3. The fourth-order valence-electron chi connectivity index (χ4n) is 3.71. The van der Waals surface area contributed by atoms with Crippen LogP contribution in [0.2, 0.25) is 0 Å². The largest absolute Gasteiger partial charge is 0.494 e. The third-order valence-electron chi connectivity index (χ3n) is 5.40. The zero-order valence-electron chi connectivity index (χ0n) is 19.1. The molecule has 0 spiro atoms. The fraction of sp³-hybridized carbons (Fsp3) is 0.111. The molecular weight excluding hydrogens is 462 g/mol. The second-order valence-corrected chi connectivity index (χ2v) is 8.45. The van der Waals surface area contributed by atoms with Crippen LogP contribution in [0.15, 0.2) is 81.4 Å². The molecule has 4 rings (SSSR count). The number of aliphatic imine (C=N–C) groups is 1. The van der Waals surface area contributed by atoms with Crippen molar-refractivity contribution < 1.29 is 14.6 Å². The normalized spacial score (nSPS) is 11.0. The van der Waals surface area contributed by atoms with Crippen molar-refractivity contribution >= 4 is 40.4 Å². The molecule has 174 valence electrons. The molecule has 0 atom stereocenters. The summed E-state index contributed by atoms with van der Waals surface area (Å²) in [6.45, 7) is 3.87. The van der Waals surface area contributed by atoms with Crippen LogP contribution >= 0.6 is 11.8 Å². The molecule has 1 aromatic heterocycles. The van der Waals surface area contributed by atoms with Gasteiger partial charge in [0, 0.05) is 21.9 Å². The molecular formula is C27H21N3O4S. The van der Waals surface area contributed by atoms with Crippen molar-refractivity contribution in [1.82, 2.24) is 4.57 Å². The molecule has 0 aliphatic rings. The van der Waals surface area contributed by atoms with E-state index in [1.54, 1.807) is 67.6 Å². The van der Waals surface area contributed by atoms with E-state index in [2.05, 4.69) is 4.99 Å². The number of benzene rings is 3. The van der Waals surface area contributed by atoms with Crippen molar-refractivity contribution in [3.05, 3.63) is 93.8 Å². The molecule has 0 radical (unpaired) electrons. The Bertz CT molecular complexity index is 1550. The maximum Gasteiger partial charge on any atom is 0.338 e. The molecule has 1 heterocycles. The molecule has 0 aliphatic carbocycles. The summed E-state index contributed by atoms with van der Waals surface area (Å²) in [5, 5.41) is 23.1. The molecule has 0 fully saturated rings. The first kappa shape index (κ1) is 23.8. The summed E-state index contributed by atoms with van der Waals surface area (Å²) in [7, 11) is 0. The minimum Gasteiger partial charge on any atom is -0.494 e. The number of thioether (sulfide) groups is 1. The predicted octanol–water partition coefficient (Wildman–Crippen LogP) is 5.51. The van der Waals surface area contributed by atoms with Crippen LogP contribution in [0.25, 0.3) is 16.5 Å². The zero-order valence-corrected chi connectivity index (χ0v) is 19.9. The highest BCUT2D eigenvalue weighted by Gasteiger charge is 2.17. The van der Waals surface area contributed by atoms with Gasteiger partial charge in [0.25, 0.3) is 5.56 Å². The fourth-order valence-corrected chi connectivity index (χ4v) is 4.19. The molecule has 1 N–H and O–H groups in total. The second-order valence-electron chi connectivity index (χ2n) is 7.59. The molecule has 0 unspecified atom stereocenters. The number of carbonyl (C=O) groups is 1. The van der Waals surface area contributed by atoms with E-state index in [4.69, 9.17) is 10.00 Å². The van der Waals surface area contributed by atoms with E-state index in [0.717, 1.165) is 22.2 Å². The third kappa shape index (κ3) is 4.81. The number of aromatic hydroxyl groups is 1. The molecule has 0 amide bonds. The number of thiocyanates is 1. The Morgan fingerprint density at radius 3 is 2.51 bits per heavy atom. The summed E-state index contributed by atoms with van der Waals surface area (Å²) in [5.41, 5.74) is 2.27. The molecule has 0 aliphatic heterocycles. The van der Waals surface area contributed by atoms with Crippen LogP contribution in [0.3, 0.4) is 0 Å². The van der Waals surface area contributed by atoms with Gasteiger partial charge in [-0.25, -0.2) is 9.36 Å². The number of pyridine rings is 1. The minimum atomic E-state index is -0.462. The molecule has 35 heavy (non-hydrogen) atoms. The zero-order chi connectivity index (χ0) is 24.9. The summed E-state index contributed by atoms with van der Waals surface area (Å²) >= 11 is 1.07. The van der Waals surface area contributed by atoms with Gasteiger partial charge in [0.05, 0.1) is 29.1 Å². The van der Waals surface area contributed by atoms with Crippen molar-refractivity contribution in [1.29, 1.82) is 5.26 Å². The molecule has 3 aromatic carbocycles. The Morgan fingerprint density at radius 1 is 1.14 bits per heavy atom. The van der Waals surface area contributed by atoms with Gasteiger partial charge in [-0.1, -0.05) is 18.2 Å². The smallest absolute Gasteiger partial charge is 0.338 e. The highest BCUT2D eigenvalue weighted by atomic mass is 32.2. The lowest BCUT2D eigenvalue weighted by Crippen LogP contribution is -2.20. The van der Waals surface area contributed by atoms with Gasteiger partial charge in [0.1, 0.15) is 5.40 Å². The number of ether oxygens (including phenoxy) is 1. The monoisotopic (exact) mass is 483 g/mol. The third-order valence-corrected chi connectivity index (χ3v) is 5.99. The Labute approximate surface area is 205 Å². The number of aryl methyl sites for hydroxylation is 1.